The molecule has 0 aromatic rings. The highest BCUT2D eigenvalue weighted by atomic mass is 16.2. The highest BCUT2D eigenvalue weighted by Gasteiger charge is 2.28. The Kier molecular flexibility index (Phi) is 5.01. The molecule has 2 aliphatic rings. The van der Waals surface area contributed by atoms with Crippen LogP contribution in [0.3, 0.4) is 0 Å². The summed E-state index contributed by atoms with van der Waals surface area (Å²) >= 11 is 0. The fraction of sp³-hybridized carbons (Fsp3) is 0.929. The zero-order chi connectivity index (χ0) is 13.0. The van der Waals surface area contributed by atoms with Crippen LogP contribution in [0.15, 0.2) is 0 Å². The summed E-state index contributed by atoms with van der Waals surface area (Å²) in [5.41, 5.74) is 0. The van der Waals surface area contributed by atoms with Crippen LogP contribution in [0.5, 0.6) is 0 Å². The van der Waals surface area contributed by atoms with E-state index in [-0.39, 0.29) is 0 Å². The molecule has 104 valence electrons. The summed E-state index contributed by atoms with van der Waals surface area (Å²) in [6.45, 7) is 5.89. The van der Waals surface area contributed by atoms with Crippen LogP contribution < -0.4 is 5.32 Å². The van der Waals surface area contributed by atoms with E-state index in [1.54, 1.807) is 0 Å². The van der Waals surface area contributed by atoms with Crippen molar-refractivity contribution < 1.29 is 4.79 Å². The molecule has 0 radical (unpaired) electrons. The van der Waals surface area contributed by atoms with Gasteiger partial charge in [0.25, 0.3) is 0 Å². The third-order valence-electron chi connectivity index (χ3n) is 4.41. The van der Waals surface area contributed by atoms with Crippen molar-refractivity contribution in [2.45, 2.75) is 51.1 Å². The van der Waals surface area contributed by atoms with Gasteiger partial charge in [0.1, 0.15) is 0 Å². The molecule has 2 rings (SSSR count). The molecule has 4 heteroatoms. The van der Waals surface area contributed by atoms with Gasteiger partial charge in [0.15, 0.2) is 0 Å². The lowest BCUT2D eigenvalue weighted by atomic mass is 9.90. The van der Waals surface area contributed by atoms with Crippen LogP contribution in [0, 0.1) is 0 Å². The number of likely N-dealkylation sites (N-methyl/N-ethyl adjacent to an activating group) is 1. The van der Waals surface area contributed by atoms with Crippen LogP contribution in [-0.2, 0) is 4.79 Å². The second-order valence-electron chi connectivity index (χ2n) is 5.70. The summed E-state index contributed by atoms with van der Waals surface area (Å²) in [5.74, 6) is 0.293. The highest BCUT2D eigenvalue weighted by molar-refractivity contribution is 5.78. The number of carbonyl (C=O) groups excluding carboxylic acids is 1. The van der Waals surface area contributed by atoms with Gasteiger partial charge in [-0.1, -0.05) is 6.92 Å². The lowest BCUT2D eigenvalue weighted by molar-refractivity contribution is -0.130. The Labute approximate surface area is 111 Å². The molecule has 1 heterocycles. The summed E-state index contributed by atoms with van der Waals surface area (Å²) in [6, 6.07) is 1.34. The zero-order valence-corrected chi connectivity index (χ0v) is 11.8. The van der Waals surface area contributed by atoms with Gasteiger partial charge in [-0.05, 0) is 38.6 Å². The quantitative estimate of drug-likeness (QED) is 0.817. The van der Waals surface area contributed by atoms with Gasteiger partial charge in [0, 0.05) is 32.2 Å². The summed E-state index contributed by atoms with van der Waals surface area (Å²) in [7, 11) is 1.92. The van der Waals surface area contributed by atoms with E-state index in [2.05, 4.69) is 17.1 Å². The molecular weight excluding hydrogens is 226 g/mol. The second-order valence-corrected chi connectivity index (χ2v) is 5.70. The minimum absolute atomic E-state index is 0.293. The third-order valence-corrected chi connectivity index (χ3v) is 4.41. The van der Waals surface area contributed by atoms with Gasteiger partial charge in [-0.25, -0.2) is 0 Å². The molecule has 1 aliphatic carbocycles. The van der Waals surface area contributed by atoms with Gasteiger partial charge in [-0.15, -0.1) is 0 Å². The minimum Gasteiger partial charge on any atom is -0.345 e. The van der Waals surface area contributed by atoms with Crippen LogP contribution in [0.4, 0.5) is 0 Å². The van der Waals surface area contributed by atoms with E-state index in [1.807, 2.05) is 11.9 Å². The monoisotopic (exact) mass is 253 g/mol. The molecule has 0 aromatic carbocycles. The van der Waals surface area contributed by atoms with E-state index in [9.17, 15) is 4.79 Å². The molecule has 0 atom stereocenters. The number of hydrogen-bond donors (Lipinski definition) is 1. The molecule has 1 saturated carbocycles. The number of hydrogen-bond acceptors (Lipinski definition) is 3. The van der Waals surface area contributed by atoms with Gasteiger partial charge < -0.3 is 10.2 Å². The van der Waals surface area contributed by atoms with Crippen molar-refractivity contribution in [3.8, 4) is 0 Å². The SMILES string of the molecule is CCNC1CCC(N2CCCN(C)C(=O)C2)CC1. The Bertz CT molecular complexity index is 274. The molecule has 1 N–H and O–H groups in total. The molecule has 0 spiro atoms. The molecule has 1 aliphatic heterocycles. The second kappa shape index (κ2) is 6.53. The lowest BCUT2D eigenvalue weighted by Gasteiger charge is -2.36. The van der Waals surface area contributed by atoms with Crippen LogP contribution in [0.2, 0.25) is 0 Å². The molecule has 18 heavy (non-hydrogen) atoms. The first-order valence-electron chi connectivity index (χ1n) is 7.42. The number of amides is 1. The Morgan fingerprint density at radius 2 is 1.94 bits per heavy atom. The summed E-state index contributed by atoms with van der Waals surface area (Å²) in [6.07, 6.45) is 6.14. The average Bonchev–Trinajstić information content (AvgIpc) is 2.54. The van der Waals surface area contributed by atoms with Gasteiger partial charge >= 0.3 is 0 Å². The maximum atomic E-state index is 11.9. The van der Waals surface area contributed by atoms with Crippen molar-refractivity contribution in [2.24, 2.45) is 0 Å². The molecule has 0 unspecified atom stereocenters. The van der Waals surface area contributed by atoms with E-state index in [0.29, 0.717) is 24.5 Å². The summed E-state index contributed by atoms with van der Waals surface area (Å²) in [4.78, 5) is 16.2. The lowest BCUT2D eigenvalue weighted by Crippen LogP contribution is -2.45. The first kappa shape index (κ1) is 13.8. The van der Waals surface area contributed by atoms with Crippen LogP contribution >= 0.6 is 0 Å². The van der Waals surface area contributed by atoms with E-state index in [0.717, 1.165) is 26.1 Å². The van der Waals surface area contributed by atoms with E-state index < -0.39 is 0 Å². The molecule has 1 amide bonds. The Morgan fingerprint density at radius 1 is 1.22 bits per heavy atom. The van der Waals surface area contributed by atoms with Crippen molar-refractivity contribution >= 4 is 5.91 Å². The number of nitrogens with zero attached hydrogens (tertiary/aromatic N) is 2. The van der Waals surface area contributed by atoms with E-state index >= 15 is 0 Å². The van der Waals surface area contributed by atoms with Gasteiger partial charge in [-0.2, -0.15) is 0 Å². The zero-order valence-electron chi connectivity index (χ0n) is 11.8. The average molecular weight is 253 g/mol. The van der Waals surface area contributed by atoms with E-state index in [1.165, 1.54) is 25.7 Å². The van der Waals surface area contributed by atoms with Gasteiger partial charge in [0.05, 0.1) is 6.54 Å². The van der Waals surface area contributed by atoms with Crippen molar-refractivity contribution in [2.75, 3.05) is 33.2 Å². The van der Waals surface area contributed by atoms with Crippen molar-refractivity contribution in [3.63, 3.8) is 0 Å². The first-order valence-corrected chi connectivity index (χ1v) is 7.42. The van der Waals surface area contributed by atoms with E-state index in [4.69, 9.17) is 0 Å². The van der Waals surface area contributed by atoms with Crippen molar-refractivity contribution in [1.29, 1.82) is 0 Å². The van der Waals surface area contributed by atoms with Gasteiger partial charge in [0.2, 0.25) is 5.91 Å². The summed E-state index contributed by atoms with van der Waals surface area (Å²) in [5, 5.41) is 3.54. The van der Waals surface area contributed by atoms with Crippen LogP contribution in [0.1, 0.15) is 39.0 Å². The standard InChI is InChI=1S/C14H27N3O/c1-3-15-12-5-7-13(8-6-12)17-10-4-9-16(2)14(18)11-17/h12-13,15H,3-11H2,1-2H3. The van der Waals surface area contributed by atoms with Crippen LogP contribution in [0.25, 0.3) is 0 Å². The summed E-state index contributed by atoms with van der Waals surface area (Å²) < 4.78 is 0. The number of rotatable bonds is 3. The molecule has 1 saturated heterocycles. The Hall–Kier alpha value is -0.610. The number of carbonyl (C=O) groups is 1. The maximum Gasteiger partial charge on any atom is 0.236 e. The third kappa shape index (κ3) is 3.45. The Balaban J connectivity index is 1.83. The fourth-order valence-corrected chi connectivity index (χ4v) is 3.25. The minimum atomic E-state index is 0.293. The molecular formula is C14H27N3O. The fourth-order valence-electron chi connectivity index (χ4n) is 3.25. The van der Waals surface area contributed by atoms with Crippen molar-refractivity contribution in [3.05, 3.63) is 0 Å². The topological polar surface area (TPSA) is 35.6 Å². The smallest absolute Gasteiger partial charge is 0.236 e. The predicted octanol–water partition coefficient (Wildman–Crippen LogP) is 1.07. The molecule has 0 bridgehead atoms. The normalized spacial score (nSPS) is 31.4. The maximum absolute atomic E-state index is 11.9. The first-order chi connectivity index (χ1) is 8.70. The highest BCUT2D eigenvalue weighted by Crippen LogP contribution is 2.24. The molecule has 0 aromatic heterocycles. The molecule has 2 fully saturated rings. The van der Waals surface area contributed by atoms with Crippen LogP contribution in [-0.4, -0.2) is 61.0 Å². The molecule has 4 nitrogen and oxygen atoms in total. The largest absolute Gasteiger partial charge is 0.345 e. The Morgan fingerprint density at radius 3 is 2.61 bits per heavy atom. The van der Waals surface area contributed by atoms with Gasteiger partial charge in [-0.3, -0.25) is 9.69 Å². The predicted molar refractivity (Wildman–Crippen MR) is 73.5 cm³/mol. The van der Waals surface area contributed by atoms with Crippen molar-refractivity contribution in [1.82, 2.24) is 15.1 Å². The number of nitrogens with one attached hydrogen (secondary N) is 1.